The molecule has 104 valence electrons. The van der Waals surface area contributed by atoms with Crippen molar-refractivity contribution < 1.29 is 9.53 Å². The molecule has 0 aromatic heterocycles. The lowest BCUT2D eigenvalue weighted by Gasteiger charge is -2.42. The number of amides is 1. The third-order valence-electron chi connectivity index (χ3n) is 4.53. The van der Waals surface area contributed by atoms with Crippen molar-refractivity contribution in [2.75, 3.05) is 13.1 Å². The molecule has 0 aromatic rings. The minimum Gasteiger partial charge on any atom is -0.364 e. The van der Waals surface area contributed by atoms with E-state index in [2.05, 4.69) is 20.8 Å². The number of nitrogens with zero attached hydrogens (tertiary/aromatic N) is 1. The number of likely N-dealkylation sites (tertiary alicyclic amines) is 1. The van der Waals surface area contributed by atoms with Gasteiger partial charge in [-0.15, -0.1) is 0 Å². The number of hydrogen-bond acceptors (Lipinski definition) is 3. The molecule has 0 aliphatic carbocycles. The molecule has 0 spiro atoms. The Kier molecular flexibility index (Phi) is 4.28. The molecule has 1 amide bonds. The highest BCUT2D eigenvalue weighted by molar-refractivity contribution is 5.81. The van der Waals surface area contributed by atoms with Gasteiger partial charge in [0.05, 0.1) is 6.10 Å². The minimum atomic E-state index is -0.251. The van der Waals surface area contributed by atoms with Crippen LogP contribution in [-0.4, -0.2) is 42.1 Å². The molecule has 2 fully saturated rings. The molecule has 2 N–H and O–H groups in total. The number of ether oxygens (including phenoxy) is 1. The maximum Gasteiger partial charge on any atom is 0.251 e. The maximum absolute atomic E-state index is 12.5. The second-order valence-corrected chi connectivity index (χ2v) is 6.11. The van der Waals surface area contributed by atoms with Gasteiger partial charge in [0.1, 0.15) is 6.10 Å². The molecule has 4 nitrogen and oxygen atoms in total. The average molecular weight is 254 g/mol. The number of rotatable bonds is 2. The molecule has 0 bridgehead atoms. The summed E-state index contributed by atoms with van der Waals surface area (Å²) in [6.45, 7) is 8.01. The quantitative estimate of drug-likeness (QED) is 0.810. The molecule has 5 unspecified atom stereocenters. The summed E-state index contributed by atoms with van der Waals surface area (Å²) in [7, 11) is 0. The van der Waals surface area contributed by atoms with E-state index in [-0.39, 0.29) is 18.1 Å². The zero-order chi connectivity index (χ0) is 13.3. The topological polar surface area (TPSA) is 55.6 Å². The largest absolute Gasteiger partial charge is 0.364 e. The van der Waals surface area contributed by atoms with Gasteiger partial charge in [-0.05, 0) is 38.0 Å². The van der Waals surface area contributed by atoms with E-state index in [0.29, 0.717) is 24.4 Å². The van der Waals surface area contributed by atoms with Crippen LogP contribution in [0.5, 0.6) is 0 Å². The highest BCUT2D eigenvalue weighted by atomic mass is 16.5. The van der Waals surface area contributed by atoms with Crippen LogP contribution < -0.4 is 5.73 Å². The Balaban J connectivity index is 1.99. The fourth-order valence-corrected chi connectivity index (χ4v) is 3.25. The summed E-state index contributed by atoms with van der Waals surface area (Å²) >= 11 is 0. The monoisotopic (exact) mass is 254 g/mol. The maximum atomic E-state index is 12.5. The molecule has 2 rings (SSSR count). The summed E-state index contributed by atoms with van der Waals surface area (Å²) in [5, 5.41) is 0. The van der Waals surface area contributed by atoms with Crippen molar-refractivity contribution in [2.45, 2.75) is 58.3 Å². The lowest BCUT2D eigenvalue weighted by molar-refractivity contribution is -0.148. The van der Waals surface area contributed by atoms with E-state index in [1.807, 2.05) is 4.90 Å². The van der Waals surface area contributed by atoms with E-state index < -0.39 is 0 Å². The number of nitrogens with two attached hydrogens (primary N) is 1. The summed E-state index contributed by atoms with van der Waals surface area (Å²) < 4.78 is 5.73. The predicted molar refractivity (Wildman–Crippen MR) is 71.1 cm³/mol. The van der Waals surface area contributed by atoms with Crippen LogP contribution in [0.25, 0.3) is 0 Å². The van der Waals surface area contributed by atoms with Crippen molar-refractivity contribution in [1.29, 1.82) is 0 Å². The summed E-state index contributed by atoms with van der Waals surface area (Å²) in [4.78, 5) is 14.6. The number of hydrogen-bond donors (Lipinski definition) is 1. The van der Waals surface area contributed by atoms with E-state index in [9.17, 15) is 4.79 Å². The predicted octanol–water partition coefficient (Wildman–Crippen LogP) is 1.39. The summed E-state index contributed by atoms with van der Waals surface area (Å²) in [6, 6.07) is 0.328. The SMILES string of the molecule is CC1CC(C)C(C)N(C(=O)C2CCC(CN)O2)C1. The molecule has 4 heteroatoms. The Labute approximate surface area is 110 Å². The Bertz CT molecular complexity index is 308. The Morgan fingerprint density at radius 1 is 1.33 bits per heavy atom. The molecule has 0 aromatic carbocycles. The van der Waals surface area contributed by atoms with Gasteiger partial charge in [-0.1, -0.05) is 13.8 Å². The molecule has 0 radical (unpaired) electrons. The molecule has 2 aliphatic heterocycles. The lowest BCUT2D eigenvalue weighted by Crippen LogP contribution is -2.52. The first-order valence-corrected chi connectivity index (χ1v) is 7.19. The van der Waals surface area contributed by atoms with E-state index in [0.717, 1.165) is 19.4 Å². The molecule has 2 aliphatic rings. The van der Waals surface area contributed by atoms with Crippen molar-refractivity contribution in [3.63, 3.8) is 0 Å². The first-order valence-electron chi connectivity index (χ1n) is 7.19. The molecule has 18 heavy (non-hydrogen) atoms. The molecule has 5 atom stereocenters. The van der Waals surface area contributed by atoms with Gasteiger partial charge in [-0.2, -0.15) is 0 Å². The van der Waals surface area contributed by atoms with Gasteiger partial charge >= 0.3 is 0 Å². The van der Waals surface area contributed by atoms with Crippen LogP contribution in [-0.2, 0) is 9.53 Å². The van der Waals surface area contributed by atoms with Gasteiger partial charge < -0.3 is 15.4 Å². The average Bonchev–Trinajstić information content (AvgIpc) is 2.81. The van der Waals surface area contributed by atoms with Crippen LogP contribution in [0.4, 0.5) is 0 Å². The summed E-state index contributed by atoms with van der Waals surface area (Å²) in [5.41, 5.74) is 5.60. The second-order valence-electron chi connectivity index (χ2n) is 6.11. The van der Waals surface area contributed by atoms with Crippen LogP contribution in [0.3, 0.4) is 0 Å². The van der Waals surface area contributed by atoms with Gasteiger partial charge in [0.25, 0.3) is 5.91 Å². The van der Waals surface area contributed by atoms with Gasteiger partial charge in [0.2, 0.25) is 0 Å². The zero-order valence-electron chi connectivity index (χ0n) is 11.8. The molecule has 2 saturated heterocycles. The lowest BCUT2D eigenvalue weighted by atomic mass is 9.85. The molecular weight excluding hydrogens is 228 g/mol. The van der Waals surface area contributed by atoms with E-state index in [1.165, 1.54) is 6.42 Å². The van der Waals surface area contributed by atoms with Crippen molar-refractivity contribution in [1.82, 2.24) is 4.90 Å². The van der Waals surface area contributed by atoms with Crippen molar-refractivity contribution in [3.05, 3.63) is 0 Å². The van der Waals surface area contributed by atoms with Crippen molar-refractivity contribution >= 4 is 5.91 Å². The van der Waals surface area contributed by atoms with Crippen LogP contribution >= 0.6 is 0 Å². The highest BCUT2D eigenvalue weighted by Crippen LogP contribution is 2.29. The van der Waals surface area contributed by atoms with Gasteiger partial charge in [-0.3, -0.25) is 4.79 Å². The standard InChI is InChI=1S/C14H26N2O2/c1-9-6-10(2)11(3)16(8-9)14(17)13-5-4-12(7-15)18-13/h9-13H,4-8,15H2,1-3H3. The summed E-state index contributed by atoms with van der Waals surface area (Å²) in [5.74, 6) is 1.34. The fraction of sp³-hybridized carbons (Fsp3) is 0.929. The Hall–Kier alpha value is -0.610. The normalized spacial score (nSPS) is 41.1. The van der Waals surface area contributed by atoms with Crippen LogP contribution in [0, 0.1) is 11.8 Å². The van der Waals surface area contributed by atoms with E-state index in [4.69, 9.17) is 10.5 Å². The molecular formula is C14H26N2O2. The summed E-state index contributed by atoms with van der Waals surface area (Å²) in [6.07, 6.45) is 2.78. The van der Waals surface area contributed by atoms with E-state index >= 15 is 0 Å². The van der Waals surface area contributed by atoms with Crippen LogP contribution in [0.15, 0.2) is 0 Å². The number of piperidine rings is 1. The third-order valence-corrected chi connectivity index (χ3v) is 4.53. The number of carbonyl (C=O) groups is 1. The van der Waals surface area contributed by atoms with Gasteiger partial charge in [0.15, 0.2) is 0 Å². The molecule has 0 saturated carbocycles. The zero-order valence-corrected chi connectivity index (χ0v) is 11.8. The number of carbonyl (C=O) groups excluding carboxylic acids is 1. The Morgan fingerprint density at radius 2 is 2.06 bits per heavy atom. The first-order chi connectivity index (χ1) is 8.52. The first kappa shape index (κ1) is 13.8. The second kappa shape index (κ2) is 5.57. The Morgan fingerprint density at radius 3 is 2.67 bits per heavy atom. The van der Waals surface area contributed by atoms with Crippen molar-refractivity contribution in [3.8, 4) is 0 Å². The smallest absolute Gasteiger partial charge is 0.251 e. The minimum absolute atomic E-state index is 0.0777. The fourth-order valence-electron chi connectivity index (χ4n) is 3.25. The molecule has 2 heterocycles. The van der Waals surface area contributed by atoms with Crippen molar-refractivity contribution in [2.24, 2.45) is 17.6 Å². The van der Waals surface area contributed by atoms with Gasteiger partial charge in [0, 0.05) is 19.1 Å². The van der Waals surface area contributed by atoms with Gasteiger partial charge in [-0.25, -0.2) is 0 Å². The third kappa shape index (κ3) is 2.69. The van der Waals surface area contributed by atoms with Crippen LogP contribution in [0.2, 0.25) is 0 Å². The van der Waals surface area contributed by atoms with E-state index in [1.54, 1.807) is 0 Å². The van der Waals surface area contributed by atoms with Crippen LogP contribution in [0.1, 0.15) is 40.0 Å². The highest BCUT2D eigenvalue weighted by Gasteiger charge is 2.38.